The maximum absolute atomic E-state index is 5.41. The van der Waals surface area contributed by atoms with Gasteiger partial charge in [0.05, 0.1) is 12.2 Å². The lowest BCUT2D eigenvalue weighted by molar-refractivity contribution is 0.478. The Morgan fingerprint density at radius 1 is 1.53 bits per heavy atom. The summed E-state index contributed by atoms with van der Waals surface area (Å²) in [5.41, 5.74) is 0.918. The maximum atomic E-state index is 5.41. The van der Waals surface area contributed by atoms with Crippen LogP contribution in [-0.4, -0.2) is 15.2 Å². The molecule has 0 aromatic carbocycles. The van der Waals surface area contributed by atoms with Gasteiger partial charge in [0, 0.05) is 0 Å². The van der Waals surface area contributed by atoms with E-state index in [1.807, 2.05) is 13.8 Å². The van der Waals surface area contributed by atoms with Crippen LogP contribution in [0.5, 0.6) is 0 Å². The van der Waals surface area contributed by atoms with E-state index in [-0.39, 0.29) is 0 Å². The summed E-state index contributed by atoms with van der Waals surface area (Å²) >= 11 is 6.30. The smallest absolute Gasteiger partial charge is 0.214 e. The topological polar surface area (TPSA) is 66.7 Å². The van der Waals surface area contributed by atoms with Crippen LogP contribution < -0.4 is 5.32 Å². The minimum absolute atomic E-state index is 0.519. The van der Waals surface area contributed by atoms with Crippen LogP contribution in [0.4, 0.5) is 5.13 Å². The predicted octanol–water partition coefficient (Wildman–Crippen LogP) is 2.42. The number of anilines is 1. The average molecular weight is 242 g/mol. The molecular weight excluding hydrogens is 232 g/mol. The molecule has 0 radical (unpaired) electrons. The molecule has 80 valence electrons. The Balaban J connectivity index is 2.01. The molecule has 2 aromatic heterocycles. The summed E-state index contributed by atoms with van der Waals surface area (Å²) in [6.45, 7) is 4.33. The first-order valence-corrected chi connectivity index (χ1v) is 5.60. The Labute approximate surface area is 95.6 Å². The number of rotatable bonds is 3. The normalized spacial score (nSPS) is 10.5. The van der Waals surface area contributed by atoms with Gasteiger partial charge >= 0.3 is 0 Å². The number of aromatic amines is 1. The molecule has 0 atom stereocenters. The summed E-state index contributed by atoms with van der Waals surface area (Å²) < 4.78 is 6.06. The van der Waals surface area contributed by atoms with Crippen molar-refractivity contribution in [2.24, 2.45) is 0 Å². The summed E-state index contributed by atoms with van der Waals surface area (Å²) in [6, 6.07) is 0. The fourth-order valence-corrected chi connectivity index (χ4v) is 1.86. The maximum Gasteiger partial charge on any atom is 0.214 e. The Hall–Kier alpha value is -1.21. The van der Waals surface area contributed by atoms with Crippen molar-refractivity contribution in [2.75, 3.05) is 5.32 Å². The van der Waals surface area contributed by atoms with Gasteiger partial charge in [0.15, 0.2) is 3.95 Å². The summed E-state index contributed by atoms with van der Waals surface area (Å²) in [5.74, 6) is 1.51. The van der Waals surface area contributed by atoms with Crippen molar-refractivity contribution in [3.05, 3.63) is 21.3 Å². The molecule has 2 rings (SSSR count). The van der Waals surface area contributed by atoms with E-state index in [4.69, 9.17) is 16.6 Å². The van der Waals surface area contributed by atoms with Crippen molar-refractivity contribution in [1.29, 1.82) is 0 Å². The van der Waals surface area contributed by atoms with E-state index in [0.717, 1.165) is 16.6 Å². The zero-order valence-electron chi connectivity index (χ0n) is 8.33. The summed E-state index contributed by atoms with van der Waals surface area (Å²) in [6.07, 6.45) is 0. The van der Waals surface area contributed by atoms with E-state index in [9.17, 15) is 0 Å². The SMILES string of the molecule is Cc1nc(CNc2n[nH]c(=S)s2)oc1C. The van der Waals surface area contributed by atoms with Gasteiger partial charge in [-0.1, -0.05) is 11.3 Å². The number of nitrogens with one attached hydrogen (secondary N) is 2. The summed E-state index contributed by atoms with van der Waals surface area (Å²) in [7, 11) is 0. The lowest BCUT2D eigenvalue weighted by Gasteiger charge is -1.95. The van der Waals surface area contributed by atoms with Crippen LogP contribution in [0.1, 0.15) is 17.3 Å². The predicted molar refractivity (Wildman–Crippen MR) is 60.6 cm³/mol. The van der Waals surface area contributed by atoms with E-state index >= 15 is 0 Å². The van der Waals surface area contributed by atoms with Crippen LogP contribution in [0, 0.1) is 17.8 Å². The van der Waals surface area contributed by atoms with Crippen molar-refractivity contribution < 1.29 is 4.42 Å². The molecule has 5 nitrogen and oxygen atoms in total. The highest BCUT2D eigenvalue weighted by molar-refractivity contribution is 7.73. The third-order valence-corrected chi connectivity index (χ3v) is 2.95. The molecule has 0 aliphatic carbocycles. The van der Waals surface area contributed by atoms with E-state index < -0.39 is 0 Å². The highest BCUT2D eigenvalue weighted by Crippen LogP contribution is 2.13. The number of H-pyrrole nitrogens is 1. The highest BCUT2D eigenvalue weighted by atomic mass is 32.1. The van der Waals surface area contributed by atoms with Crippen LogP contribution in [0.3, 0.4) is 0 Å². The first-order valence-electron chi connectivity index (χ1n) is 4.37. The van der Waals surface area contributed by atoms with E-state index in [1.54, 1.807) is 0 Å². The molecule has 0 unspecified atom stereocenters. The average Bonchev–Trinajstić information content (AvgIpc) is 2.72. The molecule has 0 spiro atoms. The van der Waals surface area contributed by atoms with Crippen molar-refractivity contribution in [2.45, 2.75) is 20.4 Å². The molecule has 0 aliphatic rings. The fourth-order valence-electron chi connectivity index (χ4n) is 1.07. The highest BCUT2D eigenvalue weighted by Gasteiger charge is 2.05. The first-order chi connectivity index (χ1) is 7.15. The van der Waals surface area contributed by atoms with Crippen molar-refractivity contribution in [1.82, 2.24) is 15.2 Å². The standard InChI is InChI=1S/C8H10N4OS2/c1-4-5(2)13-6(10-4)3-9-7-11-12-8(14)15-7/h3H2,1-2H3,(H,9,11)(H,12,14). The Kier molecular flexibility index (Phi) is 2.83. The van der Waals surface area contributed by atoms with Gasteiger partial charge in [-0.15, -0.1) is 5.10 Å². The molecule has 2 aromatic rings. The van der Waals surface area contributed by atoms with E-state index in [2.05, 4.69) is 20.5 Å². The minimum atomic E-state index is 0.519. The van der Waals surface area contributed by atoms with Crippen LogP contribution in [0.25, 0.3) is 0 Å². The molecule has 0 saturated heterocycles. The minimum Gasteiger partial charge on any atom is -0.444 e. The van der Waals surface area contributed by atoms with Crippen molar-refractivity contribution in [3.63, 3.8) is 0 Å². The van der Waals surface area contributed by atoms with Crippen LogP contribution in [-0.2, 0) is 6.54 Å². The zero-order valence-corrected chi connectivity index (χ0v) is 9.96. The largest absolute Gasteiger partial charge is 0.444 e. The van der Waals surface area contributed by atoms with Crippen LogP contribution in [0.2, 0.25) is 0 Å². The summed E-state index contributed by atoms with van der Waals surface area (Å²) in [5, 5.41) is 10.5. The third kappa shape index (κ3) is 2.42. The second-order valence-corrected chi connectivity index (χ2v) is 4.69. The Morgan fingerprint density at radius 2 is 2.33 bits per heavy atom. The van der Waals surface area contributed by atoms with Gasteiger partial charge in [-0.2, -0.15) is 0 Å². The molecule has 0 bridgehead atoms. The number of oxazole rings is 1. The summed E-state index contributed by atoms with van der Waals surface area (Å²) in [4.78, 5) is 4.24. The van der Waals surface area contributed by atoms with Gasteiger partial charge in [0.1, 0.15) is 5.76 Å². The molecule has 15 heavy (non-hydrogen) atoms. The number of aryl methyl sites for hydroxylation is 2. The van der Waals surface area contributed by atoms with E-state index in [0.29, 0.717) is 16.4 Å². The second kappa shape index (κ2) is 4.11. The molecule has 0 saturated carbocycles. The van der Waals surface area contributed by atoms with Gasteiger partial charge in [-0.3, -0.25) is 5.10 Å². The fraction of sp³-hybridized carbons (Fsp3) is 0.375. The van der Waals surface area contributed by atoms with Gasteiger partial charge in [0.2, 0.25) is 11.0 Å². The quantitative estimate of drug-likeness (QED) is 0.809. The van der Waals surface area contributed by atoms with Crippen molar-refractivity contribution >= 4 is 28.7 Å². The van der Waals surface area contributed by atoms with Crippen LogP contribution >= 0.6 is 23.6 Å². The van der Waals surface area contributed by atoms with Crippen molar-refractivity contribution in [3.8, 4) is 0 Å². The van der Waals surface area contributed by atoms with Crippen LogP contribution in [0.15, 0.2) is 4.42 Å². The monoisotopic (exact) mass is 242 g/mol. The Morgan fingerprint density at radius 3 is 2.87 bits per heavy atom. The third-order valence-electron chi connectivity index (χ3n) is 1.90. The molecule has 0 aliphatic heterocycles. The van der Waals surface area contributed by atoms with Gasteiger partial charge < -0.3 is 9.73 Å². The number of aromatic nitrogens is 3. The lowest BCUT2D eigenvalue weighted by Crippen LogP contribution is -1.99. The van der Waals surface area contributed by atoms with Gasteiger partial charge in [-0.25, -0.2) is 4.98 Å². The number of hydrogen-bond donors (Lipinski definition) is 2. The lowest BCUT2D eigenvalue weighted by atomic mass is 10.4. The molecule has 0 fully saturated rings. The molecule has 2 heterocycles. The molecule has 0 amide bonds. The number of nitrogens with zero attached hydrogens (tertiary/aromatic N) is 2. The first kappa shape index (κ1) is 10.3. The number of hydrogen-bond acceptors (Lipinski definition) is 6. The van der Waals surface area contributed by atoms with Gasteiger partial charge in [0.25, 0.3) is 0 Å². The second-order valence-electron chi connectivity index (χ2n) is 3.02. The van der Waals surface area contributed by atoms with E-state index in [1.165, 1.54) is 11.3 Å². The molecule has 2 N–H and O–H groups in total. The molecule has 7 heteroatoms. The van der Waals surface area contributed by atoms with Gasteiger partial charge in [-0.05, 0) is 26.1 Å². The Bertz CT molecular complexity index is 493. The zero-order chi connectivity index (χ0) is 10.8. The molecular formula is C8H10N4OS2.